The third-order valence-corrected chi connectivity index (χ3v) is 6.32. The van der Waals surface area contributed by atoms with Crippen LogP contribution in [-0.4, -0.2) is 33.3 Å². The first-order valence-corrected chi connectivity index (χ1v) is 11.7. The standard InChI is InChI=1S/C28H32N2O4/c1-28(2,27(31)32)14-7-17-33-22-12-11-21-18-23(26-29-15-16-30(26)3)24(34-25(21)19-22)13-10-20-8-5-4-6-9-20/h4-6,8-9,11-12,15-16,18-19,24H,7,10,13-14,17H2,1-3H3,(H,31,32). The van der Waals surface area contributed by atoms with E-state index in [4.69, 9.17) is 9.47 Å². The summed E-state index contributed by atoms with van der Waals surface area (Å²) in [6.45, 7) is 3.94. The lowest BCUT2D eigenvalue weighted by molar-refractivity contribution is -0.147. The van der Waals surface area contributed by atoms with Crippen LogP contribution in [0.4, 0.5) is 0 Å². The smallest absolute Gasteiger partial charge is 0.309 e. The van der Waals surface area contributed by atoms with E-state index >= 15 is 0 Å². The number of aryl methyl sites for hydroxylation is 2. The maximum absolute atomic E-state index is 11.3. The summed E-state index contributed by atoms with van der Waals surface area (Å²) in [5.41, 5.74) is 2.59. The maximum atomic E-state index is 11.3. The molecule has 0 saturated heterocycles. The molecule has 6 nitrogen and oxygen atoms in total. The summed E-state index contributed by atoms with van der Waals surface area (Å²) in [6, 6.07) is 16.3. The number of rotatable bonds is 10. The second-order valence-electron chi connectivity index (χ2n) is 9.43. The largest absolute Gasteiger partial charge is 0.493 e. The monoisotopic (exact) mass is 460 g/mol. The van der Waals surface area contributed by atoms with Crippen LogP contribution >= 0.6 is 0 Å². The van der Waals surface area contributed by atoms with E-state index < -0.39 is 11.4 Å². The van der Waals surface area contributed by atoms with Crippen molar-refractivity contribution in [3.8, 4) is 11.5 Å². The van der Waals surface area contributed by atoms with Crippen LogP contribution in [0.5, 0.6) is 11.5 Å². The fraction of sp³-hybridized carbons (Fsp3) is 0.357. The lowest BCUT2D eigenvalue weighted by Crippen LogP contribution is -2.24. The summed E-state index contributed by atoms with van der Waals surface area (Å²) >= 11 is 0. The van der Waals surface area contributed by atoms with Crippen LogP contribution < -0.4 is 9.47 Å². The number of aliphatic carboxylic acids is 1. The number of hydrogen-bond acceptors (Lipinski definition) is 4. The van der Waals surface area contributed by atoms with E-state index in [-0.39, 0.29) is 6.10 Å². The van der Waals surface area contributed by atoms with Crippen molar-refractivity contribution in [2.75, 3.05) is 6.61 Å². The molecular weight excluding hydrogens is 428 g/mol. The molecule has 0 fully saturated rings. The quantitative estimate of drug-likeness (QED) is 0.397. The third kappa shape index (κ3) is 5.50. The fourth-order valence-corrected chi connectivity index (χ4v) is 4.12. The Hall–Kier alpha value is -3.54. The van der Waals surface area contributed by atoms with Gasteiger partial charge in [0.25, 0.3) is 0 Å². The molecule has 0 amide bonds. The van der Waals surface area contributed by atoms with Crippen molar-refractivity contribution in [1.29, 1.82) is 0 Å². The molecule has 178 valence electrons. The van der Waals surface area contributed by atoms with Gasteiger partial charge in [0.15, 0.2) is 0 Å². The second-order valence-corrected chi connectivity index (χ2v) is 9.43. The molecular formula is C28H32N2O4. The molecule has 0 aliphatic carbocycles. The highest BCUT2D eigenvalue weighted by atomic mass is 16.5. The van der Waals surface area contributed by atoms with Gasteiger partial charge in [0.2, 0.25) is 0 Å². The molecule has 2 heterocycles. The molecule has 1 aromatic heterocycles. The van der Waals surface area contributed by atoms with E-state index in [0.29, 0.717) is 19.4 Å². The number of hydrogen-bond donors (Lipinski definition) is 1. The number of nitrogens with zero attached hydrogens (tertiary/aromatic N) is 2. The number of carboxylic acids is 1. The summed E-state index contributed by atoms with van der Waals surface area (Å²) in [5.74, 6) is 1.64. The lowest BCUT2D eigenvalue weighted by atomic mass is 9.88. The van der Waals surface area contributed by atoms with Crippen LogP contribution in [0.2, 0.25) is 0 Å². The van der Waals surface area contributed by atoms with Crippen molar-refractivity contribution in [2.45, 2.75) is 45.6 Å². The first-order valence-electron chi connectivity index (χ1n) is 11.7. The van der Waals surface area contributed by atoms with Crippen LogP contribution in [0.25, 0.3) is 11.6 Å². The van der Waals surface area contributed by atoms with Gasteiger partial charge in [-0.2, -0.15) is 0 Å². The average Bonchev–Trinajstić information content (AvgIpc) is 3.26. The van der Waals surface area contributed by atoms with Gasteiger partial charge in [-0.3, -0.25) is 4.79 Å². The summed E-state index contributed by atoms with van der Waals surface area (Å²) < 4.78 is 14.4. The molecule has 6 heteroatoms. The van der Waals surface area contributed by atoms with Crippen molar-refractivity contribution in [3.63, 3.8) is 0 Å². The highest BCUT2D eigenvalue weighted by molar-refractivity contribution is 5.85. The van der Waals surface area contributed by atoms with Gasteiger partial charge in [-0.05, 0) is 63.3 Å². The van der Waals surface area contributed by atoms with Gasteiger partial charge in [-0.25, -0.2) is 4.98 Å². The molecule has 34 heavy (non-hydrogen) atoms. The molecule has 1 aliphatic rings. The van der Waals surface area contributed by atoms with Crippen molar-refractivity contribution >= 4 is 17.6 Å². The third-order valence-electron chi connectivity index (χ3n) is 6.32. The average molecular weight is 461 g/mol. The SMILES string of the molecule is Cn1ccnc1C1=Cc2ccc(OCCCC(C)(C)C(=O)O)cc2OC1CCc1ccccc1. The van der Waals surface area contributed by atoms with E-state index in [1.165, 1.54) is 5.56 Å². The minimum atomic E-state index is -0.786. The number of carbonyl (C=O) groups is 1. The van der Waals surface area contributed by atoms with Gasteiger partial charge >= 0.3 is 5.97 Å². The van der Waals surface area contributed by atoms with E-state index in [9.17, 15) is 9.90 Å². The molecule has 1 aliphatic heterocycles. The molecule has 1 N–H and O–H groups in total. The lowest BCUT2D eigenvalue weighted by Gasteiger charge is -2.28. The van der Waals surface area contributed by atoms with Crippen molar-refractivity contribution in [1.82, 2.24) is 9.55 Å². The Bertz CT molecular complexity index is 1160. The van der Waals surface area contributed by atoms with Gasteiger partial charge in [-0.15, -0.1) is 0 Å². The first kappa shape index (κ1) is 23.6. The Balaban J connectivity index is 1.49. The minimum absolute atomic E-state index is 0.125. The molecule has 0 spiro atoms. The Morgan fingerprint density at radius 2 is 2.00 bits per heavy atom. The van der Waals surface area contributed by atoms with Gasteiger partial charge < -0.3 is 19.1 Å². The highest BCUT2D eigenvalue weighted by Gasteiger charge is 2.27. The highest BCUT2D eigenvalue weighted by Crippen LogP contribution is 2.37. The van der Waals surface area contributed by atoms with Gasteiger partial charge in [0.05, 0.1) is 12.0 Å². The van der Waals surface area contributed by atoms with E-state index in [2.05, 4.69) is 35.3 Å². The molecule has 1 atom stereocenters. The van der Waals surface area contributed by atoms with E-state index in [1.807, 2.05) is 48.3 Å². The molecule has 4 rings (SSSR count). The zero-order valence-electron chi connectivity index (χ0n) is 20.0. The maximum Gasteiger partial charge on any atom is 0.309 e. The topological polar surface area (TPSA) is 73.6 Å². The Morgan fingerprint density at radius 3 is 2.71 bits per heavy atom. The number of aromatic nitrogens is 2. The zero-order chi connectivity index (χ0) is 24.1. The number of benzene rings is 2. The van der Waals surface area contributed by atoms with Crippen LogP contribution in [0, 0.1) is 5.41 Å². The minimum Gasteiger partial charge on any atom is -0.493 e. The predicted octanol–water partition coefficient (Wildman–Crippen LogP) is 5.62. The van der Waals surface area contributed by atoms with E-state index in [0.717, 1.165) is 41.3 Å². The second kappa shape index (κ2) is 10.2. The van der Waals surface area contributed by atoms with Crippen LogP contribution in [0.1, 0.15) is 50.1 Å². The first-order chi connectivity index (χ1) is 16.3. The number of carboxylic acid groups (broad SMARTS) is 1. The Morgan fingerprint density at radius 1 is 1.21 bits per heavy atom. The number of imidazole rings is 1. The zero-order valence-corrected chi connectivity index (χ0v) is 20.0. The van der Waals surface area contributed by atoms with Crippen molar-refractivity contribution in [2.24, 2.45) is 12.5 Å². The summed E-state index contributed by atoms with van der Waals surface area (Å²) in [7, 11) is 2.00. The Labute approximate surface area is 200 Å². The normalized spacial score (nSPS) is 15.3. The molecule has 1 unspecified atom stereocenters. The summed E-state index contributed by atoms with van der Waals surface area (Å²) in [6.07, 6.45) is 8.75. The van der Waals surface area contributed by atoms with Gasteiger partial charge in [-0.1, -0.05) is 30.3 Å². The van der Waals surface area contributed by atoms with Crippen LogP contribution in [0.3, 0.4) is 0 Å². The molecule has 0 bridgehead atoms. The van der Waals surface area contributed by atoms with Crippen LogP contribution in [0.15, 0.2) is 60.9 Å². The van der Waals surface area contributed by atoms with Crippen molar-refractivity contribution < 1.29 is 19.4 Å². The molecule has 0 radical (unpaired) electrons. The fourth-order valence-electron chi connectivity index (χ4n) is 4.12. The van der Waals surface area contributed by atoms with Gasteiger partial charge in [0, 0.05) is 36.6 Å². The molecule has 3 aromatic rings. The number of ether oxygens (including phenoxy) is 2. The van der Waals surface area contributed by atoms with E-state index in [1.54, 1.807) is 13.8 Å². The molecule has 0 saturated carbocycles. The number of fused-ring (bicyclic) bond motifs is 1. The predicted molar refractivity (Wildman–Crippen MR) is 133 cm³/mol. The Kier molecular flexibility index (Phi) is 7.06. The molecule has 2 aromatic carbocycles. The van der Waals surface area contributed by atoms with Crippen molar-refractivity contribution in [3.05, 3.63) is 77.9 Å². The summed E-state index contributed by atoms with van der Waals surface area (Å²) in [5, 5.41) is 9.27. The van der Waals surface area contributed by atoms with Crippen LogP contribution in [-0.2, 0) is 18.3 Å². The van der Waals surface area contributed by atoms with Gasteiger partial charge in [0.1, 0.15) is 23.4 Å². The summed E-state index contributed by atoms with van der Waals surface area (Å²) in [4.78, 5) is 15.8.